The molecule has 1 heterocycles. The van der Waals surface area contributed by atoms with E-state index in [1.807, 2.05) is 29.6 Å². The van der Waals surface area contributed by atoms with Crippen LogP contribution in [-0.2, 0) is 0 Å². The molecule has 0 aliphatic rings. The van der Waals surface area contributed by atoms with Crippen LogP contribution in [0.5, 0.6) is 11.5 Å². The Hall–Kier alpha value is -3.46. The molecule has 0 spiro atoms. The van der Waals surface area contributed by atoms with Gasteiger partial charge < -0.3 is 9.47 Å². The Bertz CT molecular complexity index is 1000. The van der Waals surface area contributed by atoms with Crippen LogP contribution < -0.4 is 14.8 Å². The second-order valence-corrected chi connectivity index (χ2v) is 6.45. The van der Waals surface area contributed by atoms with E-state index in [9.17, 15) is 14.9 Å². The Morgan fingerprint density at radius 2 is 2.00 bits per heavy atom. The van der Waals surface area contributed by atoms with Crippen LogP contribution in [0.4, 0.5) is 10.8 Å². The van der Waals surface area contributed by atoms with Gasteiger partial charge in [-0.3, -0.25) is 20.2 Å². The largest absolute Gasteiger partial charge is 0.497 e. The van der Waals surface area contributed by atoms with E-state index in [0.29, 0.717) is 17.4 Å². The first-order valence-electron chi connectivity index (χ1n) is 8.34. The van der Waals surface area contributed by atoms with Crippen molar-refractivity contribution in [2.24, 2.45) is 0 Å². The predicted molar refractivity (Wildman–Crippen MR) is 106 cm³/mol. The minimum atomic E-state index is -0.576. The number of anilines is 1. The molecule has 9 heteroatoms. The lowest BCUT2D eigenvalue weighted by Crippen LogP contribution is -2.12. The molecular weight excluding hydrogens is 382 g/mol. The highest BCUT2D eigenvalue weighted by atomic mass is 32.1. The summed E-state index contributed by atoms with van der Waals surface area (Å²) in [4.78, 5) is 27.5. The predicted octanol–water partition coefficient (Wildman–Crippen LogP) is 4.38. The quantitative estimate of drug-likeness (QED) is 0.467. The number of aromatic nitrogens is 1. The van der Waals surface area contributed by atoms with E-state index in [1.165, 1.54) is 29.5 Å². The van der Waals surface area contributed by atoms with Gasteiger partial charge in [-0.25, -0.2) is 4.98 Å². The molecule has 144 valence electrons. The molecule has 0 saturated heterocycles. The first-order valence-corrected chi connectivity index (χ1v) is 9.22. The Labute approximate surface area is 164 Å². The Morgan fingerprint density at radius 1 is 1.25 bits per heavy atom. The van der Waals surface area contributed by atoms with Crippen molar-refractivity contribution in [3.8, 4) is 22.8 Å². The number of carbonyl (C=O) groups is 1. The second kappa shape index (κ2) is 8.49. The van der Waals surface area contributed by atoms with Crippen LogP contribution in [0.2, 0.25) is 0 Å². The van der Waals surface area contributed by atoms with E-state index in [4.69, 9.17) is 9.47 Å². The van der Waals surface area contributed by atoms with Crippen LogP contribution in [0.15, 0.2) is 47.8 Å². The third-order valence-corrected chi connectivity index (χ3v) is 4.59. The molecule has 0 atom stereocenters. The summed E-state index contributed by atoms with van der Waals surface area (Å²) in [5.41, 5.74) is 1.48. The van der Waals surface area contributed by atoms with Crippen molar-refractivity contribution in [1.82, 2.24) is 4.98 Å². The molecule has 3 aromatic rings. The second-order valence-electron chi connectivity index (χ2n) is 5.59. The summed E-state index contributed by atoms with van der Waals surface area (Å²) in [6.45, 7) is 2.02. The number of nitro benzene ring substituents is 1. The van der Waals surface area contributed by atoms with E-state index in [0.717, 1.165) is 11.3 Å². The zero-order chi connectivity index (χ0) is 20.1. The molecule has 0 bridgehead atoms. The molecule has 0 fully saturated rings. The standard InChI is InChI=1S/C19H17N3O5S/c1-3-27-17-9-6-13(10-16(17)22(24)25)18(23)21-19-20-15(11-28-19)12-4-7-14(26-2)8-5-12/h4-11H,3H2,1-2H3,(H,20,21,23). The number of nitrogens with zero attached hydrogens (tertiary/aromatic N) is 2. The van der Waals surface area contributed by atoms with E-state index in [1.54, 1.807) is 14.0 Å². The molecule has 8 nitrogen and oxygen atoms in total. The van der Waals surface area contributed by atoms with Gasteiger partial charge in [0.2, 0.25) is 0 Å². The molecule has 0 aliphatic carbocycles. The van der Waals surface area contributed by atoms with E-state index in [2.05, 4.69) is 10.3 Å². The summed E-state index contributed by atoms with van der Waals surface area (Å²) in [6, 6.07) is 11.5. The number of benzene rings is 2. The van der Waals surface area contributed by atoms with Crippen LogP contribution in [0, 0.1) is 10.1 Å². The van der Waals surface area contributed by atoms with Gasteiger partial charge in [0.25, 0.3) is 5.91 Å². The van der Waals surface area contributed by atoms with Gasteiger partial charge in [-0.2, -0.15) is 0 Å². The number of nitrogens with one attached hydrogen (secondary N) is 1. The lowest BCUT2D eigenvalue weighted by molar-refractivity contribution is -0.385. The lowest BCUT2D eigenvalue weighted by atomic mass is 10.1. The highest BCUT2D eigenvalue weighted by molar-refractivity contribution is 7.14. The van der Waals surface area contributed by atoms with Gasteiger partial charge in [0, 0.05) is 22.6 Å². The van der Waals surface area contributed by atoms with Crippen LogP contribution in [0.1, 0.15) is 17.3 Å². The SMILES string of the molecule is CCOc1ccc(C(=O)Nc2nc(-c3ccc(OC)cc3)cs2)cc1[N+](=O)[O-]. The van der Waals surface area contributed by atoms with E-state index < -0.39 is 10.8 Å². The molecule has 1 amide bonds. The first kappa shape index (κ1) is 19.3. The van der Waals surface area contributed by atoms with Crippen LogP contribution in [0.3, 0.4) is 0 Å². The number of methoxy groups -OCH3 is 1. The van der Waals surface area contributed by atoms with Gasteiger partial charge in [0.15, 0.2) is 10.9 Å². The minimum Gasteiger partial charge on any atom is -0.497 e. The Kier molecular flexibility index (Phi) is 5.85. The zero-order valence-corrected chi connectivity index (χ0v) is 16.0. The fourth-order valence-corrected chi connectivity index (χ4v) is 3.19. The molecular formula is C19H17N3O5S. The average Bonchev–Trinajstić information content (AvgIpc) is 3.16. The number of rotatable bonds is 7. The molecule has 0 radical (unpaired) electrons. The molecule has 0 saturated carbocycles. The maximum absolute atomic E-state index is 12.5. The van der Waals surface area contributed by atoms with Gasteiger partial charge in [0.1, 0.15) is 5.75 Å². The zero-order valence-electron chi connectivity index (χ0n) is 15.2. The maximum atomic E-state index is 12.5. The smallest absolute Gasteiger partial charge is 0.311 e. The van der Waals surface area contributed by atoms with E-state index in [-0.39, 0.29) is 17.0 Å². The summed E-state index contributed by atoms with van der Waals surface area (Å²) in [6.07, 6.45) is 0. The van der Waals surface area contributed by atoms with Gasteiger partial charge in [-0.05, 0) is 43.3 Å². The number of hydrogen-bond acceptors (Lipinski definition) is 7. The fraction of sp³-hybridized carbons (Fsp3) is 0.158. The molecule has 0 unspecified atom stereocenters. The van der Waals surface area contributed by atoms with E-state index >= 15 is 0 Å². The molecule has 28 heavy (non-hydrogen) atoms. The number of ether oxygens (including phenoxy) is 2. The van der Waals surface area contributed by atoms with Crippen LogP contribution >= 0.6 is 11.3 Å². The normalized spacial score (nSPS) is 10.4. The maximum Gasteiger partial charge on any atom is 0.311 e. The third-order valence-electron chi connectivity index (χ3n) is 3.83. The molecule has 0 aliphatic heterocycles. The first-order chi connectivity index (χ1) is 13.5. The van der Waals surface area contributed by atoms with Gasteiger partial charge in [-0.1, -0.05) is 0 Å². The van der Waals surface area contributed by atoms with Crippen LogP contribution in [-0.4, -0.2) is 29.5 Å². The third kappa shape index (κ3) is 4.26. The monoisotopic (exact) mass is 399 g/mol. The van der Waals surface area contributed by atoms with Crippen molar-refractivity contribution in [3.63, 3.8) is 0 Å². The molecule has 3 rings (SSSR count). The van der Waals surface area contributed by atoms with Crippen molar-refractivity contribution in [2.45, 2.75) is 6.92 Å². The summed E-state index contributed by atoms with van der Waals surface area (Å²) in [5.74, 6) is 0.381. The highest BCUT2D eigenvalue weighted by Gasteiger charge is 2.19. The summed E-state index contributed by atoms with van der Waals surface area (Å²) >= 11 is 1.27. The minimum absolute atomic E-state index is 0.125. The number of nitro groups is 1. The summed E-state index contributed by atoms with van der Waals surface area (Å²) in [5, 5.41) is 16.1. The summed E-state index contributed by atoms with van der Waals surface area (Å²) < 4.78 is 10.4. The van der Waals surface area contributed by atoms with Crippen molar-refractivity contribution in [1.29, 1.82) is 0 Å². The number of carbonyl (C=O) groups excluding carboxylic acids is 1. The van der Waals surface area contributed by atoms with Gasteiger partial charge in [-0.15, -0.1) is 11.3 Å². The van der Waals surface area contributed by atoms with Gasteiger partial charge >= 0.3 is 5.69 Å². The average molecular weight is 399 g/mol. The van der Waals surface area contributed by atoms with Crippen LogP contribution in [0.25, 0.3) is 11.3 Å². The number of hydrogen-bond donors (Lipinski definition) is 1. The molecule has 2 aromatic carbocycles. The number of thiazole rings is 1. The van der Waals surface area contributed by atoms with Crippen molar-refractivity contribution < 1.29 is 19.2 Å². The Balaban J connectivity index is 1.77. The van der Waals surface area contributed by atoms with Crippen molar-refractivity contribution in [3.05, 3.63) is 63.5 Å². The summed E-state index contributed by atoms with van der Waals surface area (Å²) in [7, 11) is 1.59. The highest BCUT2D eigenvalue weighted by Crippen LogP contribution is 2.29. The number of amides is 1. The van der Waals surface area contributed by atoms with Crippen molar-refractivity contribution in [2.75, 3.05) is 19.0 Å². The molecule has 1 N–H and O–H groups in total. The fourth-order valence-electron chi connectivity index (χ4n) is 2.47. The van der Waals surface area contributed by atoms with Crippen molar-refractivity contribution >= 4 is 28.1 Å². The molecule has 1 aromatic heterocycles. The topological polar surface area (TPSA) is 104 Å². The Morgan fingerprint density at radius 3 is 2.64 bits per heavy atom. The lowest BCUT2D eigenvalue weighted by Gasteiger charge is -2.06. The van der Waals surface area contributed by atoms with Gasteiger partial charge in [0.05, 0.1) is 24.3 Å².